The Bertz CT molecular complexity index is 324. The standard InChI is InChI=1S/C16H31NO5/c1-5-6-7-20-14-10-19-9-13(17)16(18)22-12(4)15(14)21-8-11(2)3/h11-15H,5-10,17H2,1-4H3/t12-,13-,14-,15-/m0/s1. The van der Waals surface area contributed by atoms with Gasteiger partial charge < -0.3 is 24.7 Å². The predicted octanol–water partition coefficient (Wildman–Crippen LogP) is 1.50. The molecule has 130 valence electrons. The van der Waals surface area contributed by atoms with E-state index in [1.165, 1.54) is 0 Å². The molecule has 0 saturated carbocycles. The lowest BCUT2D eigenvalue weighted by molar-refractivity contribution is -0.168. The Kier molecular flexibility index (Phi) is 8.93. The molecular formula is C16H31NO5. The molecule has 1 saturated heterocycles. The van der Waals surface area contributed by atoms with E-state index in [2.05, 4.69) is 20.8 Å². The van der Waals surface area contributed by atoms with E-state index in [1.807, 2.05) is 6.92 Å². The topological polar surface area (TPSA) is 80.0 Å². The van der Waals surface area contributed by atoms with Crippen LogP contribution in [0.15, 0.2) is 0 Å². The molecule has 0 unspecified atom stereocenters. The van der Waals surface area contributed by atoms with Gasteiger partial charge >= 0.3 is 5.97 Å². The zero-order chi connectivity index (χ0) is 16.5. The zero-order valence-corrected chi connectivity index (χ0v) is 14.2. The second-order valence-corrected chi connectivity index (χ2v) is 6.24. The highest BCUT2D eigenvalue weighted by atomic mass is 16.6. The summed E-state index contributed by atoms with van der Waals surface area (Å²) in [6.45, 7) is 9.77. The molecule has 6 nitrogen and oxygen atoms in total. The second-order valence-electron chi connectivity index (χ2n) is 6.24. The van der Waals surface area contributed by atoms with Gasteiger partial charge in [-0.3, -0.25) is 4.79 Å². The zero-order valence-electron chi connectivity index (χ0n) is 14.2. The molecule has 0 aromatic rings. The summed E-state index contributed by atoms with van der Waals surface area (Å²) in [5.41, 5.74) is 5.73. The van der Waals surface area contributed by atoms with Crippen molar-refractivity contribution in [2.24, 2.45) is 11.7 Å². The van der Waals surface area contributed by atoms with E-state index in [1.54, 1.807) is 0 Å². The van der Waals surface area contributed by atoms with Crippen LogP contribution in [-0.4, -0.2) is 56.8 Å². The number of hydrogen-bond donors (Lipinski definition) is 1. The molecule has 1 rings (SSSR count). The van der Waals surface area contributed by atoms with Crippen molar-refractivity contribution in [2.45, 2.75) is 64.9 Å². The van der Waals surface area contributed by atoms with Crippen molar-refractivity contribution in [3.8, 4) is 0 Å². The summed E-state index contributed by atoms with van der Waals surface area (Å²) in [4.78, 5) is 11.9. The lowest BCUT2D eigenvalue weighted by Crippen LogP contribution is -2.45. The number of rotatable bonds is 7. The van der Waals surface area contributed by atoms with E-state index in [4.69, 9.17) is 24.7 Å². The predicted molar refractivity (Wildman–Crippen MR) is 83.6 cm³/mol. The van der Waals surface area contributed by atoms with Gasteiger partial charge in [-0.25, -0.2) is 0 Å². The Morgan fingerprint density at radius 1 is 1.32 bits per heavy atom. The fourth-order valence-electron chi connectivity index (χ4n) is 2.18. The summed E-state index contributed by atoms with van der Waals surface area (Å²) in [6, 6.07) is -0.761. The number of nitrogens with two attached hydrogens (primary N) is 1. The maximum atomic E-state index is 11.9. The summed E-state index contributed by atoms with van der Waals surface area (Å²) >= 11 is 0. The largest absolute Gasteiger partial charge is 0.459 e. The molecule has 0 aliphatic carbocycles. The van der Waals surface area contributed by atoms with Crippen molar-refractivity contribution in [1.82, 2.24) is 0 Å². The number of hydrogen-bond acceptors (Lipinski definition) is 6. The van der Waals surface area contributed by atoms with E-state index in [9.17, 15) is 4.79 Å². The van der Waals surface area contributed by atoms with Crippen molar-refractivity contribution in [3.63, 3.8) is 0 Å². The van der Waals surface area contributed by atoms with E-state index < -0.39 is 18.1 Å². The first-order chi connectivity index (χ1) is 10.5. The summed E-state index contributed by atoms with van der Waals surface area (Å²) in [5, 5.41) is 0. The minimum atomic E-state index is -0.761. The van der Waals surface area contributed by atoms with Gasteiger partial charge in [-0.15, -0.1) is 0 Å². The van der Waals surface area contributed by atoms with Gasteiger partial charge in [-0.1, -0.05) is 27.2 Å². The molecule has 0 amide bonds. The third kappa shape index (κ3) is 6.60. The maximum Gasteiger partial charge on any atom is 0.325 e. The molecule has 0 aromatic heterocycles. The number of cyclic esters (lactones) is 1. The highest BCUT2D eigenvalue weighted by molar-refractivity contribution is 5.75. The number of carbonyl (C=O) groups is 1. The maximum absolute atomic E-state index is 11.9. The van der Waals surface area contributed by atoms with Crippen LogP contribution in [0.5, 0.6) is 0 Å². The quantitative estimate of drug-likeness (QED) is 0.566. The van der Waals surface area contributed by atoms with Crippen LogP contribution in [0, 0.1) is 5.92 Å². The number of esters is 1. The molecule has 1 heterocycles. The Morgan fingerprint density at radius 3 is 2.68 bits per heavy atom. The SMILES string of the molecule is CCCCO[C@H]1COC[C@H](N)C(=O)O[C@@H](C)[C@@H]1OCC(C)C. The van der Waals surface area contributed by atoms with Crippen LogP contribution in [-0.2, 0) is 23.7 Å². The molecule has 1 aliphatic heterocycles. The average molecular weight is 317 g/mol. The molecule has 1 fully saturated rings. The number of unbranched alkanes of at least 4 members (excludes halogenated alkanes) is 1. The summed E-state index contributed by atoms with van der Waals surface area (Å²) in [7, 11) is 0. The van der Waals surface area contributed by atoms with Crippen LogP contribution in [0.4, 0.5) is 0 Å². The molecule has 2 N–H and O–H groups in total. The normalized spacial score (nSPS) is 30.5. The third-order valence-corrected chi connectivity index (χ3v) is 3.47. The molecule has 6 heteroatoms. The lowest BCUT2D eigenvalue weighted by atomic mass is 10.1. The van der Waals surface area contributed by atoms with E-state index >= 15 is 0 Å². The van der Waals surface area contributed by atoms with Gasteiger partial charge in [0.15, 0.2) is 0 Å². The Hall–Kier alpha value is -0.690. The van der Waals surface area contributed by atoms with Gasteiger partial charge in [0.1, 0.15) is 24.4 Å². The van der Waals surface area contributed by atoms with Crippen molar-refractivity contribution in [2.75, 3.05) is 26.4 Å². The van der Waals surface area contributed by atoms with Crippen LogP contribution in [0.1, 0.15) is 40.5 Å². The fourth-order valence-corrected chi connectivity index (χ4v) is 2.18. The summed E-state index contributed by atoms with van der Waals surface area (Å²) < 4.78 is 22.8. The molecule has 0 bridgehead atoms. The number of ether oxygens (including phenoxy) is 4. The second kappa shape index (κ2) is 10.2. The average Bonchev–Trinajstić information content (AvgIpc) is 2.49. The van der Waals surface area contributed by atoms with Crippen LogP contribution >= 0.6 is 0 Å². The van der Waals surface area contributed by atoms with Crippen LogP contribution < -0.4 is 5.73 Å². The van der Waals surface area contributed by atoms with Gasteiger partial charge in [0.05, 0.1) is 13.2 Å². The highest BCUT2D eigenvalue weighted by Crippen LogP contribution is 2.17. The molecule has 22 heavy (non-hydrogen) atoms. The molecule has 0 aromatic carbocycles. The fraction of sp³-hybridized carbons (Fsp3) is 0.938. The first-order valence-electron chi connectivity index (χ1n) is 8.22. The smallest absolute Gasteiger partial charge is 0.325 e. The Labute approximate surface area is 133 Å². The molecule has 0 radical (unpaired) electrons. The first kappa shape index (κ1) is 19.4. The Morgan fingerprint density at radius 2 is 2.05 bits per heavy atom. The van der Waals surface area contributed by atoms with Gasteiger partial charge in [0, 0.05) is 13.2 Å². The summed E-state index contributed by atoms with van der Waals surface area (Å²) in [5.74, 6) is -0.0742. The Balaban J connectivity index is 2.77. The monoisotopic (exact) mass is 317 g/mol. The van der Waals surface area contributed by atoms with Crippen molar-refractivity contribution in [1.29, 1.82) is 0 Å². The van der Waals surface area contributed by atoms with Gasteiger partial charge in [0.25, 0.3) is 0 Å². The molecule has 4 atom stereocenters. The van der Waals surface area contributed by atoms with Gasteiger partial charge in [0.2, 0.25) is 0 Å². The molecular weight excluding hydrogens is 286 g/mol. The van der Waals surface area contributed by atoms with E-state index in [0.717, 1.165) is 12.8 Å². The first-order valence-corrected chi connectivity index (χ1v) is 8.22. The minimum absolute atomic E-state index is 0.135. The van der Waals surface area contributed by atoms with Crippen LogP contribution in [0.2, 0.25) is 0 Å². The highest BCUT2D eigenvalue weighted by Gasteiger charge is 2.34. The summed E-state index contributed by atoms with van der Waals surface area (Å²) in [6.07, 6.45) is 0.985. The van der Waals surface area contributed by atoms with Crippen LogP contribution in [0.3, 0.4) is 0 Å². The van der Waals surface area contributed by atoms with Crippen molar-refractivity contribution >= 4 is 5.97 Å². The molecule has 0 spiro atoms. The van der Waals surface area contributed by atoms with E-state index in [0.29, 0.717) is 25.7 Å². The van der Waals surface area contributed by atoms with Crippen molar-refractivity contribution in [3.05, 3.63) is 0 Å². The number of carbonyl (C=O) groups excluding carboxylic acids is 1. The van der Waals surface area contributed by atoms with Gasteiger partial charge in [-0.2, -0.15) is 0 Å². The van der Waals surface area contributed by atoms with E-state index in [-0.39, 0.29) is 18.8 Å². The van der Waals surface area contributed by atoms with Gasteiger partial charge in [-0.05, 0) is 19.3 Å². The third-order valence-electron chi connectivity index (χ3n) is 3.47. The lowest BCUT2D eigenvalue weighted by Gasteiger charge is -2.31. The minimum Gasteiger partial charge on any atom is -0.459 e. The molecule has 1 aliphatic rings. The van der Waals surface area contributed by atoms with Crippen molar-refractivity contribution < 1.29 is 23.7 Å². The van der Waals surface area contributed by atoms with Crippen LogP contribution in [0.25, 0.3) is 0 Å².